The Hall–Kier alpha value is -1.19. The summed E-state index contributed by atoms with van der Waals surface area (Å²) < 4.78 is 0. The number of nitrogens with two attached hydrogens (primary N) is 1. The number of aliphatic imine (C=N–C) groups is 1. The van der Waals surface area contributed by atoms with Gasteiger partial charge in [-0.15, -0.1) is 12.4 Å². The highest BCUT2D eigenvalue weighted by molar-refractivity contribution is 8.13. The number of thioether (sulfide) groups is 1. The smallest absolute Gasteiger partial charge is 0.154 e. The predicted octanol–water partition coefficient (Wildman–Crippen LogP) is 3.93. The number of benzene rings is 2. The molecule has 2 aromatic rings. The number of amidine groups is 1. The van der Waals surface area contributed by atoms with Crippen LogP contribution in [0.1, 0.15) is 18.9 Å². The third-order valence-corrected chi connectivity index (χ3v) is 4.36. The molecule has 0 aliphatic carbocycles. The molecular weight excluding hydrogens is 276 g/mol. The number of hydrogen-bond donors (Lipinski definition) is 1. The van der Waals surface area contributed by atoms with E-state index >= 15 is 0 Å². The predicted molar refractivity (Wildman–Crippen MR) is 87.2 cm³/mol. The maximum Gasteiger partial charge on any atom is 0.154 e. The van der Waals surface area contributed by atoms with Crippen molar-refractivity contribution in [3.05, 3.63) is 48.0 Å². The number of nitrogens with zero attached hydrogens (tertiary/aromatic N) is 1. The van der Waals surface area contributed by atoms with E-state index in [4.69, 9.17) is 5.73 Å². The summed E-state index contributed by atoms with van der Waals surface area (Å²) in [6, 6.07) is 15.0. The maximum absolute atomic E-state index is 5.87. The van der Waals surface area contributed by atoms with Crippen molar-refractivity contribution in [1.29, 1.82) is 0 Å². The van der Waals surface area contributed by atoms with Gasteiger partial charge >= 0.3 is 0 Å². The normalized spacial score (nSPS) is 22.7. The molecule has 1 atom stereocenters. The summed E-state index contributed by atoms with van der Waals surface area (Å²) in [5.74, 6) is 1.04. The van der Waals surface area contributed by atoms with Gasteiger partial charge in [0.2, 0.25) is 0 Å². The lowest BCUT2D eigenvalue weighted by Gasteiger charge is -2.30. The Bertz CT molecular complexity index is 626. The fourth-order valence-corrected chi connectivity index (χ4v) is 3.39. The molecule has 1 aliphatic rings. The SMILES string of the molecule is CC1(c2ccc3ccccc3c2)CCSC(N)=N1.Cl. The molecule has 3 rings (SSSR count). The van der Waals surface area contributed by atoms with Gasteiger partial charge in [0, 0.05) is 5.75 Å². The molecule has 2 N–H and O–H groups in total. The molecular formula is C15H17ClN2S. The van der Waals surface area contributed by atoms with E-state index in [1.807, 2.05) is 0 Å². The third kappa shape index (κ3) is 2.72. The van der Waals surface area contributed by atoms with E-state index in [9.17, 15) is 0 Å². The van der Waals surface area contributed by atoms with Gasteiger partial charge in [-0.3, -0.25) is 4.99 Å². The zero-order chi connectivity index (χ0) is 12.6. The van der Waals surface area contributed by atoms with Gasteiger partial charge in [-0.1, -0.05) is 48.2 Å². The van der Waals surface area contributed by atoms with Gasteiger partial charge in [0.05, 0.1) is 5.54 Å². The van der Waals surface area contributed by atoms with Crippen LogP contribution in [0.4, 0.5) is 0 Å². The van der Waals surface area contributed by atoms with Crippen LogP contribution in [-0.4, -0.2) is 10.9 Å². The molecule has 0 bridgehead atoms. The molecule has 0 aromatic heterocycles. The van der Waals surface area contributed by atoms with Crippen molar-refractivity contribution in [2.24, 2.45) is 10.7 Å². The van der Waals surface area contributed by atoms with Crippen molar-refractivity contribution in [3.8, 4) is 0 Å². The van der Waals surface area contributed by atoms with Crippen LogP contribution >= 0.6 is 24.2 Å². The van der Waals surface area contributed by atoms with Crippen LogP contribution in [0.5, 0.6) is 0 Å². The van der Waals surface area contributed by atoms with Crippen molar-refractivity contribution < 1.29 is 0 Å². The second kappa shape index (κ2) is 5.43. The molecule has 1 unspecified atom stereocenters. The summed E-state index contributed by atoms with van der Waals surface area (Å²) in [5, 5.41) is 3.24. The Balaban J connectivity index is 0.00000133. The summed E-state index contributed by atoms with van der Waals surface area (Å²) >= 11 is 1.65. The first-order valence-corrected chi connectivity index (χ1v) is 7.13. The van der Waals surface area contributed by atoms with Gasteiger partial charge in [-0.2, -0.15) is 0 Å². The van der Waals surface area contributed by atoms with Crippen molar-refractivity contribution in [1.82, 2.24) is 0 Å². The lowest BCUT2D eigenvalue weighted by Crippen LogP contribution is -2.28. The highest BCUT2D eigenvalue weighted by Gasteiger charge is 2.29. The van der Waals surface area contributed by atoms with E-state index in [-0.39, 0.29) is 17.9 Å². The summed E-state index contributed by atoms with van der Waals surface area (Å²) in [4.78, 5) is 4.65. The Morgan fingerprint density at radius 1 is 1.16 bits per heavy atom. The molecule has 2 nitrogen and oxygen atoms in total. The number of halogens is 1. The molecule has 1 heterocycles. The van der Waals surface area contributed by atoms with Crippen molar-refractivity contribution in [2.45, 2.75) is 18.9 Å². The first-order chi connectivity index (χ1) is 8.67. The first kappa shape index (κ1) is 14.2. The van der Waals surface area contributed by atoms with Crippen LogP contribution in [-0.2, 0) is 5.54 Å². The van der Waals surface area contributed by atoms with E-state index in [0.29, 0.717) is 5.17 Å². The molecule has 100 valence electrons. The molecule has 0 fully saturated rings. The quantitative estimate of drug-likeness (QED) is 0.865. The molecule has 4 heteroatoms. The highest BCUT2D eigenvalue weighted by Crippen LogP contribution is 2.36. The van der Waals surface area contributed by atoms with Crippen molar-refractivity contribution in [2.75, 3.05) is 5.75 Å². The monoisotopic (exact) mass is 292 g/mol. The molecule has 19 heavy (non-hydrogen) atoms. The van der Waals surface area contributed by atoms with Crippen LogP contribution in [0.3, 0.4) is 0 Å². The van der Waals surface area contributed by atoms with E-state index in [2.05, 4.69) is 54.4 Å². The molecule has 2 aromatic carbocycles. The lowest BCUT2D eigenvalue weighted by molar-refractivity contribution is 0.482. The third-order valence-electron chi connectivity index (χ3n) is 3.57. The average molecular weight is 293 g/mol. The summed E-state index contributed by atoms with van der Waals surface area (Å²) in [6.45, 7) is 2.17. The summed E-state index contributed by atoms with van der Waals surface area (Å²) in [7, 11) is 0. The highest BCUT2D eigenvalue weighted by atomic mass is 35.5. The topological polar surface area (TPSA) is 38.4 Å². The van der Waals surface area contributed by atoms with Gasteiger partial charge in [0.1, 0.15) is 0 Å². The second-order valence-corrected chi connectivity index (χ2v) is 6.00. The molecule has 1 aliphatic heterocycles. The number of rotatable bonds is 1. The lowest BCUT2D eigenvalue weighted by atomic mass is 9.88. The average Bonchev–Trinajstić information content (AvgIpc) is 2.38. The van der Waals surface area contributed by atoms with Crippen molar-refractivity contribution >= 4 is 40.1 Å². The Kier molecular flexibility index (Phi) is 4.07. The molecule has 0 radical (unpaired) electrons. The fourth-order valence-electron chi connectivity index (χ4n) is 2.42. The minimum Gasteiger partial charge on any atom is -0.379 e. The van der Waals surface area contributed by atoms with E-state index in [1.54, 1.807) is 11.8 Å². The van der Waals surface area contributed by atoms with Gasteiger partial charge in [-0.05, 0) is 35.7 Å². The zero-order valence-corrected chi connectivity index (χ0v) is 12.4. The minimum absolute atomic E-state index is 0. The molecule has 0 saturated carbocycles. The summed E-state index contributed by atoms with van der Waals surface area (Å²) in [5.41, 5.74) is 6.96. The number of fused-ring (bicyclic) bond motifs is 1. The van der Waals surface area contributed by atoms with E-state index < -0.39 is 0 Å². The second-order valence-electron chi connectivity index (χ2n) is 4.88. The van der Waals surface area contributed by atoms with Gasteiger partial charge in [0.25, 0.3) is 0 Å². The maximum atomic E-state index is 5.87. The van der Waals surface area contributed by atoms with Crippen LogP contribution in [0.25, 0.3) is 10.8 Å². The van der Waals surface area contributed by atoms with E-state index in [0.717, 1.165) is 12.2 Å². The largest absolute Gasteiger partial charge is 0.379 e. The molecule has 0 spiro atoms. The molecule has 0 saturated heterocycles. The van der Waals surface area contributed by atoms with Crippen LogP contribution in [0.15, 0.2) is 47.5 Å². The standard InChI is InChI=1S/C15H16N2S.ClH/c1-15(8-9-18-14(16)17-15)13-7-6-11-4-2-3-5-12(11)10-13;/h2-7,10H,8-9H2,1H3,(H2,16,17);1H. The van der Waals surface area contributed by atoms with Gasteiger partial charge in [0.15, 0.2) is 5.17 Å². The van der Waals surface area contributed by atoms with Crippen LogP contribution in [0, 0.1) is 0 Å². The zero-order valence-electron chi connectivity index (χ0n) is 10.8. The van der Waals surface area contributed by atoms with E-state index in [1.165, 1.54) is 16.3 Å². The Morgan fingerprint density at radius 2 is 1.89 bits per heavy atom. The first-order valence-electron chi connectivity index (χ1n) is 6.15. The van der Waals surface area contributed by atoms with Gasteiger partial charge < -0.3 is 5.73 Å². The Morgan fingerprint density at radius 3 is 2.63 bits per heavy atom. The minimum atomic E-state index is -0.167. The number of hydrogen-bond acceptors (Lipinski definition) is 3. The molecule has 0 amide bonds. The van der Waals surface area contributed by atoms with Crippen LogP contribution < -0.4 is 5.73 Å². The fraction of sp³-hybridized carbons (Fsp3) is 0.267. The van der Waals surface area contributed by atoms with Crippen molar-refractivity contribution in [3.63, 3.8) is 0 Å². The Labute approximate surface area is 123 Å². The van der Waals surface area contributed by atoms with Gasteiger partial charge in [-0.25, -0.2) is 0 Å². The van der Waals surface area contributed by atoms with Crippen LogP contribution in [0.2, 0.25) is 0 Å². The summed E-state index contributed by atoms with van der Waals surface area (Å²) in [6.07, 6.45) is 1.04.